The first kappa shape index (κ1) is 22.3. The first-order chi connectivity index (χ1) is 20.3. The van der Waals surface area contributed by atoms with E-state index in [1.807, 2.05) is 18.2 Å². The van der Waals surface area contributed by atoms with Crippen molar-refractivity contribution in [3.8, 4) is 17.4 Å². The molecule has 1 aliphatic carbocycles. The summed E-state index contributed by atoms with van der Waals surface area (Å²) in [5.41, 5.74) is 10.8. The number of furan rings is 1. The molecule has 0 aliphatic heterocycles. The maximum absolute atomic E-state index is 9.47. The van der Waals surface area contributed by atoms with Crippen LogP contribution in [0.5, 0.6) is 0 Å². The summed E-state index contributed by atoms with van der Waals surface area (Å²) in [6.45, 7) is 0. The van der Waals surface area contributed by atoms with E-state index in [4.69, 9.17) is 4.42 Å². The van der Waals surface area contributed by atoms with Crippen molar-refractivity contribution in [1.82, 2.24) is 9.13 Å². The van der Waals surface area contributed by atoms with E-state index >= 15 is 0 Å². The van der Waals surface area contributed by atoms with Gasteiger partial charge in [0.05, 0.1) is 28.2 Å². The second kappa shape index (κ2) is 8.24. The van der Waals surface area contributed by atoms with Crippen molar-refractivity contribution in [3.05, 3.63) is 126 Å². The van der Waals surface area contributed by atoms with Gasteiger partial charge in [-0.3, -0.25) is 0 Å². The summed E-state index contributed by atoms with van der Waals surface area (Å²) in [6, 6.07) is 38.4. The molecular weight excluding hydrogens is 502 g/mol. The Labute approximate surface area is 235 Å². The number of fused-ring (bicyclic) bond motifs is 9. The third-order valence-electron chi connectivity index (χ3n) is 8.60. The zero-order chi connectivity index (χ0) is 27.1. The molecule has 3 heterocycles. The van der Waals surface area contributed by atoms with E-state index in [2.05, 4.69) is 106 Å². The summed E-state index contributed by atoms with van der Waals surface area (Å²) in [5.74, 6) is 0. The zero-order valence-electron chi connectivity index (χ0n) is 22.1. The minimum Gasteiger partial charge on any atom is -0.456 e. The quantitative estimate of drug-likeness (QED) is 0.226. The van der Waals surface area contributed by atoms with Crippen LogP contribution in [0.15, 0.2) is 114 Å². The lowest BCUT2D eigenvalue weighted by atomic mass is 10.0. The molecule has 3 aromatic heterocycles. The maximum Gasteiger partial charge on any atom is 0.135 e. The standard InChI is InChI=1S/C37H23N3O/c38-22-23-13-17-36-30(19-23)31-21-25(15-18-37(31)41-36)40-34-12-6-3-9-28(34)29-20-24(14-16-35(29)40)39-32-10-4-1-7-26(32)27-8-2-5-11-33(27)39/h1-4,6-10,12-21H,5,11H2. The predicted molar refractivity (Wildman–Crippen MR) is 167 cm³/mol. The molecule has 0 saturated heterocycles. The molecule has 4 nitrogen and oxygen atoms in total. The Morgan fingerprint density at radius 1 is 0.610 bits per heavy atom. The lowest BCUT2D eigenvalue weighted by Gasteiger charge is -2.14. The minimum absolute atomic E-state index is 0.630. The number of hydrogen-bond donors (Lipinski definition) is 0. The summed E-state index contributed by atoms with van der Waals surface area (Å²) in [6.07, 6.45) is 6.67. The molecule has 0 spiro atoms. The van der Waals surface area contributed by atoms with Gasteiger partial charge >= 0.3 is 0 Å². The molecule has 192 valence electrons. The molecule has 0 amide bonds. The molecule has 0 atom stereocenters. The first-order valence-corrected chi connectivity index (χ1v) is 14.0. The number of hydrogen-bond acceptors (Lipinski definition) is 2. The first-order valence-electron chi connectivity index (χ1n) is 14.0. The Hall–Kier alpha value is -5.53. The number of nitriles is 1. The van der Waals surface area contributed by atoms with Gasteiger partial charge in [0.1, 0.15) is 11.2 Å². The van der Waals surface area contributed by atoms with E-state index in [1.54, 1.807) is 6.07 Å². The van der Waals surface area contributed by atoms with Crippen molar-refractivity contribution >= 4 is 60.7 Å². The van der Waals surface area contributed by atoms with E-state index in [-0.39, 0.29) is 0 Å². The van der Waals surface area contributed by atoms with Crippen LogP contribution in [0.1, 0.15) is 23.2 Å². The van der Waals surface area contributed by atoms with E-state index in [1.165, 1.54) is 38.6 Å². The molecule has 0 N–H and O–H groups in total. The van der Waals surface area contributed by atoms with Crippen LogP contribution in [-0.2, 0) is 6.42 Å². The monoisotopic (exact) mass is 525 g/mol. The van der Waals surface area contributed by atoms with Crippen molar-refractivity contribution in [2.24, 2.45) is 0 Å². The molecule has 5 aromatic carbocycles. The van der Waals surface area contributed by atoms with Crippen molar-refractivity contribution in [1.29, 1.82) is 5.26 Å². The highest BCUT2D eigenvalue weighted by Gasteiger charge is 2.20. The van der Waals surface area contributed by atoms with Crippen molar-refractivity contribution < 1.29 is 4.42 Å². The van der Waals surface area contributed by atoms with Gasteiger partial charge in [-0.1, -0.05) is 48.6 Å². The molecule has 0 fully saturated rings. The lowest BCUT2D eigenvalue weighted by Crippen LogP contribution is -2.03. The largest absolute Gasteiger partial charge is 0.456 e. The molecular formula is C37H23N3O. The van der Waals surface area contributed by atoms with Crippen LogP contribution in [0, 0.1) is 11.3 Å². The van der Waals surface area contributed by atoms with E-state index in [9.17, 15) is 5.26 Å². The second-order valence-corrected chi connectivity index (χ2v) is 10.8. The van der Waals surface area contributed by atoms with Gasteiger partial charge in [0, 0.05) is 49.6 Å². The third-order valence-corrected chi connectivity index (χ3v) is 8.60. The highest BCUT2D eigenvalue weighted by Crippen LogP contribution is 2.39. The average Bonchev–Trinajstić information content (AvgIpc) is 3.67. The van der Waals surface area contributed by atoms with Gasteiger partial charge in [-0.15, -0.1) is 0 Å². The van der Waals surface area contributed by atoms with E-state index < -0.39 is 0 Å². The highest BCUT2D eigenvalue weighted by molar-refractivity contribution is 6.11. The number of nitrogens with zero attached hydrogens (tertiary/aromatic N) is 3. The van der Waals surface area contributed by atoms with Crippen molar-refractivity contribution in [2.75, 3.05) is 0 Å². The molecule has 0 bridgehead atoms. The van der Waals surface area contributed by atoms with Crippen LogP contribution < -0.4 is 0 Å². The van der Waals surface area contributed by atoms with Gasteiger partial charge in [-0.2, -0.15) is 5.26 Å². The van der Waals surface area contributed by atoms with Crippen LogP contribution >= 0.6 is 0 Å². The van der Waals surface area contributed by atoms with E-state index in [0.717, 1.165) is 51.5 Å². The SMILES string of the molecule is N#Cc1ccc2oc3ccc(-n4c5ccccc5c5cc(-n6c7c(c8ccccc86)C=CCC7)ccc54)cc3c2c1. The molecule has 41 heavy (non-hydrogen) atoms. The van der Waals surface area contributed by atoms with E-state index in [0.29, 0.717) is 5.56 Å². The Morgan fingerprint density at radius 3 is 2.12 bits per heavy atom. The molecule has 0 radical (unpaired) electrons. The van der Waals surface area contributed by atoms with Crippen LogP contribution in [0.25, 0.3) is 72.1 Å². The number of para-hydroxylation sites is 2. The predicted octanol–water partition coefficient (Wildman–Crippen LogP) is 9.46. The molecule has 0 saturated carbocycles. The smallest absolute Gasteiger partial charge is 0.135 e. The topological polar surface area (TPSA) is 46.8 Å². The molecule has 0 unspecified atom stereocenters. The van der Waals surface area contributed by atoms with Gasteiger partial charge in [0.2, 0.25) is 0 Å². The Bertz CT molecular complexity index is 2440. The highest BCUT2D eigenvalue weighted by atomic mass is 16.3. The summed E-state index contributed by atoms with van der Waals surface area (Å²) < 4.78 is 10.9. The summed E-state index contributed by atoms with van der Waals surface area (Å²) >= 11 is 0. The Balaban J connectivity index is 1.31. The Morgan fingerprint density at radius 2 is 1.27 bits per heavy atom. The fraction of sp³-hybridized carbons (Fsp3) is 0.0541. The van der Waals surface area contributed by atoms with Gasteiger partial charge in [-0.25, -0.2) is 0 Å². The van der Waals surface area contributed by atoms with Gasteiger partial charge in [0.15, 0.2) is 0 Å². The van der Waals surface area contributed by atoms with Crippen LogP contribution in [0.3, 0.4) is 0 Å². The summed E-state index contributed by atoms with van der Waals surface area (Å²) in [5, 5.41) is 15.2. The van der Waals surface area contributed by atoms with Crippen molar-refractivity contribution in [3.63, 3.8) is 0 Å². The lowest BCUT2D eigenvalue weighted by molar-refractivity contribution is 0.669. The number of benzene rings is 5. The number of allylic oxidation sites excluding steroid dienone is 1. The maximum atomic E-state index is 9.47. The zero-order valence-corrected chi connectivity index (χ0v) is 22.1. The minimum atomic E-state index is 0.630. The Kier molecular flexibility index (Phi) is 4.48. The summed E-state index contributed by atoms with van der Waals surface area (Å²) in [4.78, 5) is 0. The fourth-order valence-corrected chi connectivity index (χ4v) is 6.82. The number of rotatable bonds is 2. The average molecular weight is 526 g/mol. The van der Waals surface area contributed by atoms with Crippen LogP contribution in [0.4, 0.5) is 0 Å². The molecule has 9 rings (SSSR count). The van der Waals surface area contributed by atoms with Gasteiger partial charge in [0.25, 0.3) is 0 Å². The number of aromatic nitrogens is 2. The van der Waals surface area contributed by atoms with Gasteiger partial charge in [-0.05, 0) is 79.6 Å². The fourth-order valence-electron chi connectivity index (χ4n) is 6.82. The third kappa shape index (κ3) is 3.09. The molecule has 1 aliphatic rings. The molecule has 4 heteroatoms. The second-order valence-electron chi connectivity index (χ2n) is 10.8. The summed E-state index contributed by atoms with van der Waals surface area (Å²) in [7, 11) is 0. The normalized spacial score (nSPS) is 13.0. The van der Waals surface area contributed by atoms with Crippen LogP contribution in [-0.4, -0.2) is 9.13 Å². The van der Waals surface area contributed by atoms with Gasteiger partial charge < -0.3 is 13.6 Å². The van der Waals surface area contributed by atoms with Crippen LogP contribution in [0.2, 0.25) is 0 Å². The molecule has 8 aromatic rings. The van der Waals surface area contributed by atoms with Crippen molar-refractivity contribution in [2.45, 2.75) is 12.8 Å².